The Morgan fingerprint density at radius 2 is 1.71 bits per heavy atom. The third-order valence-electron chi connectivity index (χ3n) is 5.40. The van der Waals surface area contributed by atoms with Gasteiger partial charge < -0.3 is 15.0 Å². The summed E-state index contributed by atoms with van der Waals surface area (Å²) < 4.78 is 6.61. The number of nitrogens with one attached hydrogen (secondary N) is 1. The van der Waals surface area contributed by atoms with Crippen LogP contribution in [0.5, 0.6) is 5.75 Å². The fraction of sp³-hybridized carbons (Fsp3) is 0.440. The second-order valence-electron chi connectivity index (χ2n) is 7.91. The fourth-order valence-corrected chi connectivity index (χ4v) is 3.58. The third kappa shape index (κ3) is 7.39. The molecule has 5 nitrogen and oxygen atoms in total. The molecule has 2 rings (SSSR count). The van der Waals surface area contributed by atoms with E-state index in [-0.39, 0.29) is 24.5 Å². The lowest BCUT2D eigenvalue weighted by atomic mass is 10.1. The molecule has 0 aliphatic rings. The molecule has 2 aromatic carbocycles. The van der Waals surface area contributed by atoms with Gasteiger partial charge in [0, 0.05) is 12.6 Å². The molecule has 0 unspecified atom stereocenters. The van der Waals surface area contributed by atoms with Crippen LogP contribution in [0.3, 0.4) is 0 Å². The van der Waals surface area contributed by atoms with Crippen molar-refractivity contribution in [1.82, 2.24) is 10.2 Å². The molecule has 0 aliphatic carbocycles. The molecule has 0 heterocycles. The molecule has 0 bridgehead atoms. The summed E-state index contributed by atoms with van der Waals surface area (Å²) in [4.78, 5) is 27.5. The van der Waals surface area contributed by atoms with E-state index in [0.717, 1.165) is 28.4 Å². The molecule has 6 heteroatoms. The lowest BCUT2D eigenvalue weighted by Crippen LogP contribution is -2.50. The standard InChI is InChI=1S/C25H33BrN2O3/c1-6-18(4)27-25(30)19(5)28(15-21-10-8-17(3)9-11-21)24(29)16-31-23-13-12-20(7-2)14-22(23)26/h8-14,18-19H,6-7,15-16H2,1-5H3,(H,27,30)/t18-,19-/m1/s1. The topological polar surface area (TPSA) is 58.6 Å². The van der Waals surface area contributed by atoms with E-state index in [1.54, 1.807) is 11.8 Å². The number of rotatable bonds is 10. The van der Waals surface area contributed by atoms with Gasteiger partial charge in [0.1, 0.15) is 11.8 Å². The zero-order valence-corrected chi connectivity index (χ0v) is 20.7. The number of amides is 2. The summed E-state index contributed by atoms with van der Waals surface area (Å²) in [7, 11) is 0. The van der Waals surface area contributed by atoms with Crippen LogP contribution in [0, 0.1) is 6.92 Å². The molecular formula is C25H33BrN2O3. The van der Waals surface area contributed by atoms with Crippen molar-refractivity contribution in [2.24, 2.45) is 0 Å². The van der Waals surface area contributed by atoms with Crippen LogP contribution in [-0.2, 0) is 22.6 Å². The molecule has 2 amide bonds. The van der Waals surface area contributed by atoms with Crippen LogP contribution in [0.15, 0.2) is 46.9 Å². The predicted octanol–water partition coefficient (Wildman–Crippen LogP) is 5.03. The van der Waals surface area contributed by atoms with E-state index in [4.69, 9.17) is 4.74 Å². The number of carbonyl (C=O) groups is 2. The summed E-state index contributed by atoms with van der Waals surface area (Å²) >= 11 is 3.51. The first kappa shape index (κ1) is 24.9. The van der Waals surface area contributed by atoms with Gasteiger partial charge in [-0.2, -0.15) is 0 Å². The minimum atomic E-state index is -0.614. The maximum Gasteiger partial charge on any atom is 0.261 e. The fourth-order valence-electron chi connectivity index (χ4n) is 3.04. The molecule has 168 valence electrons. The van der Waals surface area contributed by atoms with Gasteiger partial charge in [0.2, 0.25) is 5.91 Å². The first-order valence-corrected chi connectivity index (χ1v) is 11.6. The number of ether oxygens (including phenoxy) is 1. The van der Waals surface area contributed by atoms with Gasteiger partial charge in [0.15, 0.2) is 6.61 Å². The Labute approximate surface area is 194 Å². The summed E-state index contributed by atoms with van der Waals surface area (Å²) in [5.74, 6) is 0.208. The van der Waals surface area contributed by atoms with Crippen LogP contribution in [0.4, 0.5) is 0 Å². The Kier molecular flexibility index (Phi) is 9.56. The van der Waals surface area contributed by atoms with Gasteiger partial charge in [-0.1, -0.05) is 49.7 Å². The monoisotopic (exact) mass is 488 g/mol. The Hall–Kier alpha value is -2.34. The summed E-state index contributed by atoms with van der Waals surface area (Å²) in [6, 6.07) is 13.2. The molecule has 0 aliphatic heterocycles. The highest BCUT2D eigenvalue weighted by Gasteiger charge is 2.27. The molecule has 0 saturated carbocycles. The minimum Gasteiger partial charge on any atom is -0.483 e. The molecule has 1 N–H and O–H groups in total. The summed E-state index contributed by atoms with van der Waals surface area (Å²) in [5, 5.41) is 2.97. The quantitative estimate of drug-likeness (QED) is 0.509. The number of aryl methyl sites for hydroxylation is 2. The summed E-state index contributed by atoms with van der Waals surface area (Å²) in [6.07, 6.45) is 1.75. The molecule has 31 heavy (non-hydrogen) atoms. The highest BCUT2D eigenvalue weighted by Crippen LogP contribution is 2.26. The van der Waals surface area contributed by atoms with Crippen LogP contribution >= 0.6 is 15.9 Å². The Morgan fingerprint density at radius 1 is 1.06 bits per heavy atom. The molecule has 0 aromatic heterocycles. The van der Waals surface area contributed by atoms with Crippen molar-refractivity contribution < 1.29 is 14.3 Å². The van der Waals surface area contributed by atoms with Crippen molar-refractivity contribution in [3.05, 3.63) is 63.6 Å². The van der Waals surface area contributed by atoms with Gasteiger partial charge >= 0.3 is 0 Å². The van der Waals surface area contributed by atoms with E-state index in [1.807, 2.05) is 63.2 Å². The Morgan fingerprint density at radius 3 is 2.29 bits per heavy atom. The third-order valence-corrected chi connectivity index (χ3v) is 6.02. The van der Waals surface area contributed by atoms with E-state index in [2.05, 4.69) is 28.2 Å². The molecule has 0 saturated heterocycles. The maximum atomic E-state index is 13.1. The number of carbonyl (C=O) groups excluding carboxylic acids is 2. The van der Waals surface area contributed by atoms with Crippen molar-refractivity contribution in [3.8, 4) is 5.75 Å². The second kappa shape index (κ2) is 11.9. The lowest BCUT2D eigenvalue weighted by molar-refractivity contribution is -0.142. The normalized spacial score (nSPS) is 12.7. The van der Waals surface area contributed by atoms with Gasteiger partial charge in [-0.05, 0) is 72.8 Å². The first-order chi connectivity index (χ1) is 14.7. The number of benzene rings is 2. The van der Waals surface area contributed by atoms with Crippen molar-refractivity contribution in [3.63, 3.8) is 0 Å². The highest BCUT2D eigenvalue weighted by molar-refractivity contribution is 9.10. The Balaban J connectivity index is 2.16. The number of halogens is 1. The van der Waals surface area contributed by atoms with Crippen LogP contribution in [0.2, 0.25) is 0 Å². The average Bonchev–Trinajstić information content (AvgIpc) is 2.76. The maximum absolute atomic E-state index is 13.1. The van der Waals surface area contributed by atoms with Crippen LogP contribution in [0.1, 0.15) is 50.8 Å². The van der Waals surface area contributed by atoms with Crippen molar-refractivity contribution in [2.75, 3.05) is 6.61 Å². The zero-order chi connectivity index (χ0) is 23.0. The van der Waals surface area contributed by atoms with Crippen LogP contribution in [0.25, 0.3) is 0 Å². The van der Waals surface area contributed by atoms with Crippen LogP contribution in [-0.4, -0.2) is 35.4 Å². The molecule has 0 radical (unpaired) electrons. The van der Waals surface area contributed by atoms with Gasteiger partial charge in [-0.3, -0.25) is 9.59 Å². The van der Waals surface area contributed by atoms with E-state index >= 15 is 0 Å². The molecule has 2 atom stereocenters. The van der Waals surface area contributed by atoms with Crippen molar-refractivity contribution in [2.45, 2.75) is 66.1 Å². The Bertz CT molecular complexity index is 883. The van der Waals surface area contributed by atoms with Gasteiger partial charge in [-0.25, -0.2) is 0 Å². The number of hydrogen-bond donors (Lipinski definition) is 1. The average molecular weight is 489 g/mol. The number of hydrogen-bond acceptors (Lipinski definition) is 3. The molecule has 2 aromatic rings. The first-order valence-electron chi connectivity index (χ1n) is 10.8. The molecule has 0 spiro atoms. The second-order valence-corrected chi connectivity index (χ2v) is 8.76. The SMILES string of the molecule is CCc1ccc(OCC(=O)N(Cc2ccc(C)cc2)[C@H](C)C(=O)N[C@H](C)CC)c(Br)c1. The van der Waals surface area contributed by atoms with Gasteiger partial charge in [-0.15, -0.1) is 0 Å². The van der Waals surface area contributed by atoms with E-state index < -0.39 is 6.04 Å². The van der Waals surface area contributed by atoms with Crippen LogP contribution < -0.4 is 10.1 Å². The smallest absolute Gasteiger partial charge is 0.261 e. The van der Waals surface area contributed by atoms with Crippen molar-refractivity contribution >= 4 is 27.7 Å². The summed E-state index contributed by atoms with van der Waals surface area (Å²) in [6.45, 7) is 10.0. The highest BCUT2D eigenvalue weighted by atomic mass is 79.9. The van der Waals surface area contributed by atoms with E-state index in [9.17, 15) is 9.59 Å². The van der Waals surface area contributed by atoms with Gasteiger partial charge in [0.25, 0.3) is 5.91 Å². The van der Waals surface area contributed by atoms with E-state index in [1.165, 1.54) is 5.56 Å². The number of nitrogens with zero attached hydrogens (tertiary/aromatic N) is 1. The lowest BCUT2D eigenvalue weighted by Gasteiger charge is -2.29. The van der Waals surface area contributed by atoms with Gasteiger partial charge in [0.05, 0.1) is 4.47 Å². The summed E-state index contributed by atoms with van der Waals surface area (Å²) in [5.41, 5.74) is 3.30. The largest absolute Gasteiger partial charge is 0.483 e. The predicted molar refractivity (Wildman–Crippen MR) is 128 cm³/mol. The zero-order valence-electron chi connectivity index (χ0n) is 19.1. The minimum absolute atomic E-state index is 0.0514. The van der Waals surface area contributed by atoms with Crippen molar-refractivity contribution in [1.29, 1.82) is 0 Å². The molecule has 0 fully saturated rings. The van der Waals surface area contributed by atoms with E-state index in [0.29, 0.717) is 12.3 Å². The molecular weight excluding hydrogens is 456 g/mol.